The molecule has 0 aromatic heterocycles. The molecule has 1 aromatic rings. The van der Waals surface area contributed by atoms with Crippen molar-refractivity contribution in [3.63, 3.8) is 0 Å². The van der Waals surface area contributed by atoms with Gasteiger partial charge >= 0.3 is 0 Å². The molecule has 1 nitrogen and oxygen atoms in total. The average molecular weight is 178 g/mol. The van der Waals surface area contributed by atoms with Gasteiger partial charge in [0.1, 0.15) is 6.10 Å². The lowest BCUT2D eigenvalue weighted by molar-refractivity contribution is 0.258. The van der Waals surface area contributed by atoms with Gasteiger partial charge in [-0.3, -0.25) is 0 Å². The van der Waals surface area contributed by atoms with Crippen molar-refractivity contribution in [2.75, 3.05) is 5.75 Å². The van der Waals surface area contributed by atoms with E-state index in [1.54, 1.807) is 11.8 Å². The molecule has 1 N–H and O–H groups in total. The Morgan fingerprint density at radius 2 is 2.08 bits per heavy atom. The Balaban J connectivity index is 2.40. The zero-order valence-corrected chi connectivity index (χ0v) is 7.42. The minimum absolute atomic E-state index is 0.556. The highest BCUT2D eigenvalue weighted by molar-refractivity contribution is 7.99. The van der Waals surface area contributed by atoms with Gasteiger partial charge in [0.15, 0.2) is 0 Å². The van der Waals surface area contributed by atoms with Crippen LogP contribution >= 0.6 is 11.8 Å². The van der Waals surface area contributed by atoms with Crippen molar-refractivity contribution in [2.24, 2.45) is 0 Å². The standard InChI is InChI=1S/C10H10OS/c1-2-9(11)8-12-10-6-4-3-5-7-10/h1,3-7,9,11H,8H2. The minimum Gasteiger partial charge on any atom is -0.380 e. The van der Waals surface area contributed by atoms with Gasteiger partial charge in [0, 0.05) is 10.6 Å². The third-order valence-corrected chi connectivity index (χ3v) is 2.43. The first-order chi connectivity index (χ1) is 5.83. The van der Waals surface area contributed by atoms with Crippen LogP contribution in [0.3, 0.4) is 0 Å². The van der Waals surface area contributed by atoms with Gasteiger partial charge in [0.05, 0.1) is 0 Å². The zero-order chi connectivity index (χ0) is 8.81. The predicted octanol–water partition coefficient (Wildman–Crippen LogP) is 1.77. The summed E-state index contributed by atoms with van der Waals surface area (Å²) in [4.78, 5) is 1.13. The van der Waals surface area contributed by atoms with Crippen LogP contribution in [0.5, 0.6) is 0 Å². The topological polar surface area (TPSA) is 20.2 Å². The fourth-order valence-electron chi connectivity index (χ4n) is 0.740. The van der Waals surface area contributed by atoms with Crippen LogP contribution < -0.4 is 0 Å². The van der Waals surface area contributed by atoms with E-state index in [1.165, 1.54) is 0 Å². The average Bonchev–Trinajstić information content (AvgIpc) is 2.16. The van der Waals surface area contributed by atoms with Gasteiger partial charge in [0.25, 0.3) is 0 Å². The number of benzene rings is 1. The molecule has 1 rings (SSSR count). The molecule has 2 heteroatoms. The largest absolute Gasteiger partial charge is 0.380 e. The summed E-state index contributed by atoms with van der Waals surface area (Å²) in [6.07, 6.45) is 4.38. The van der Waals surface area contributed by atoms with E-state index in [2.05, 4.69) is 5.92 Å². The van der Waals surface area contributed by atoms with Gasteiger partial charge < -0.3 is 5.11 Å². The Morgan fingerprint density at radius 1 is 1.42 bits per heavy atom. The molecule has 0 saturated heterocycles. The summed E-state index contributed by atoms with van der Waals surface area (Å²) in [5.74, 6) is 2.83. The van der Waals surface area contributed by atoms with E-state index in [0.717, 1.165) is 4.90 Å². The maximum atomic E-state index is 9.06. The summed E-state index contributed by atoms with van der Waals surface area (Å²) < 4.78 is 0. The van der Waals surface area contributed by atoms with Crippen LogP contribution in [0, 0.1) is 12.3 Å². The van der Waals surface area contributed by atoms with Gasteiger partial charge in [-0.1, -0.05) is 24.1 Å². The lowest BCUT2D eigenvalue weighted by atomic mass is 10.4. The van der Waals surface area contributed by atoms with Gasteiger partial charge in [0.2, 0.25) is 0 Å². The van der Waals surface area contributed by atoms with Crippen LogP contribution in [0.1, 0.15) is 0 Å². The van der Waals surface area contributed by atoms with Crippen LogP contribution in [0.25, 0.3) is 0 Å². The van der Waals surface area contributed by atoms with Crippen LogP contribution in [0.2, 0.25) is 0 Å². The second kappa shape index (κ2) is 4.87. The molecule has 12 heavy (non-hydrogen) atoms. The van der Waals surface area contributed by atoms with E-state index in [-0.39, 0.29) is 0 Å². The Labute approximate surface area is 76.8 Å². The van der Waals surface area contributed by atoms with E-state index < -0.39 is 6.10 Å². The summed E-state index contributed by atoms with van der Waals surface area (Å²) in [6, 6.07) is 9.87. The van der Waals surface area contributed by atoms with Crippen molar-refractivity contribution < 1.29 is 5.11 Å². The summed E-state index contributed by atoms with van der Waals surface area (Å²) in [5.41, 5.74) is 0. The van der Waals surface area contributed by atoms with Crippen LogP contribution in [0.15, 0.2) is 35.2 Å². The molecule has 0 amide bonds. The number of aliphatic hydroxyl groups is 1. The number of hydrogen-bond acceptors (Lipinski definition) is 2. The van der Waals surface area contributed by atoms with Crippen LogP contribution in [0.4, 0.5) is 0 Å². The summed E-state index contributed by atoms with van der Waals surface area (Å²) in [6.45, 7) is 0. The first-order valence-corrected chi connectivity index (χ1v) is 4.63. The number of terminal acetylenes is 1. The fraction of sp³-hybridized carbons (Fsp3) is 0.200. The van der Waals surface area contributed by atoms with Crippen molar-refractivity contribution >= 4 is 11.8 Å². The maximum absolute atomic E-state index is 9.06. The summed E-state index contributed by atoms with van der Waals surface area (Å²) in [7, 11) is 0. The number of aliphatic hydroxyl groups excluding tert-OH is 1. The predicted molar refractivity (Wildman–Crippen MR) is 52.0 cm³/mol. The summed E-state index contributed by atoms with van der Waals surface area (Å²) in [5, 5.41) is 9.06. The van der Waals surface area contributed by atoms with E-state index in [0.29, 0.717) is 5.75 Å². The fourth-order valence-corrected chi connectivity index (χ4v) is 1.54. The number of rotatable bonds is 3. The third-order valence-electron chi connectivity index (χ3n) is 1.34. The monoisotopic (exact) mass is 178 g/mol. The Morgan fingerprint density at radius 3 is 2.67 bits per heavy atom. The molecule has 0 heterocycles. The minimum atomic E-state index is -0.643. The molecule has 0 aliphatic heterocycles. The van der Waals surface area contributed by atoms with Crippen molar-refractivity contribution in [1.82, 2.24) is 0 Å². The summed E-state index contributed by atoms with van der Waals surface area (Å²) >= 11 is 1.56. The van der Waals surface area contributed by atoms with Crippen molar-refractivity contribution in [2.45, 2.75) is 11.0 Å². The molecular weight excluding hydrogens is 168 g/mol. The van der Waals surface area contributed by atoms with Gasteiger partial charge in [-0.05, 0) is 12.1 Å². The Bertz CT molecular complexity index is 263. The van der Waals surface area contributed by atoms with Crippen molar-refractivity contribution in [1.29, 1.82) is 0 Å². The molecule has 1 unspecified atom stereocenters. The SMILES string of the molecule is C#CC(O)CSc1ccccc1. The van der Waals surface area contributed by atoms with Gasteiger partial charge in [-0.2, -0.15) is 0 Å². The van der Waals surface area contributed by atoms with E-state index in [1.807, 2.05) is 30.3 Å². The molecule has 0 radical (unpaired) electrons. The van der Waals surface area contributed by atoms with Gasteiger partial charge in [-0.15, -0.1) is 18.2 Å². The molecule has 0 fully saturated rings. The molecular formula is C10H10OS. The first-order valence-electron chi connectivity index (χ1n) is 3.65. The maximum Gasteiger partial charge on any atom is 0.123 e. The quantitative estimate of drug-likeness (QED) is 0.562. The third kappa shape index (κ3) is 3.00. The Kier molecular flexibility index (Phi) is 3.72. The van der Waals surface area contributed by atoms with E-state index >= 15 is 0 Å². The lowest BCUT2D eigenvalue weighted by Gasteiger charge is -2.02. The highest BCUT2D eigenvalue weighted by Gasteiger charge is 1.98. The molecule has 0 bridgehead atoms. The lowest BCUT2D eigenvalue weighted by Crippen LogP contribution is -2.05. The molecule has 0 aliphatic rings. The molecule has 0 spiro atoms. The first kappa shape index (κ1) is 9.18. The number of hydrogen-bond donors (Lipinski definition) is 1. The highest BCUT2D eigenvalue weighted by Crippen LogP contribution is 2.17. The molecule has 1 atom stereocenters. The zero-order valence-electron chi connectivity index (χ0n) is 6.60. The molecule has 0 saturated carbocycles. The van der Waals surface area contributed by atoms with E-state index in [4.69, 9.17) is 11.5 Å². The molecule has 1 aromatic carbocycles. The second-order valence-corrected chi connectivity index (χ2v) is 3.40. The van der Waals surface area contributed by atoms with Gasteiger partial charge in [-0.25, -0.2) is 0 Å². The van der Waals surface area contributed by atoms with Crippen molar-refractivity contribution in [3.8, 4) is 12.3 Å². The second-order valence-electron chi connectivity index (χ2n) is 2.31. The highest BCUT2D eigenvalue weighted by atomic mass is 32.2. The smallest absolute Gasteiger partial charge is 0.123 e. The Hall–Kier alpha value is -0.910. The number of thioether (sulfide) groups is 1. The van der Waals surface area contributed by atoms with E-state index in [9.17, 15) is 0 Å². The normalized spacial score (nSPS) is 12.0. The molecule has 0 aliphatic carbocycles. The molecule has 62 valence electrons. The van der Waals surface area contributed by atoms with Crippen LogP contribution in [-0.2, 0) is 0 Å². The van der Waals surface area contributed by atoms with Crippen LogP contribution in [-0.4, -0.2) is 17.0 Å². The van der Waals surface area contributed by atoms with Crippen molar-refractivity contribution in [3.05, 3.63) is 30.3 Å².